The Balaban J connectivity index is 2.91. The van der Waals surface area contributed by atoms with Gasteiger partial charge in [0, 0.05) is 6.42 Å². The number of carbonyl (C=O) groups excluding carboxylic acids is 1. The Kier molecular flexibility index (Phi) is 5.54. The van der Waals surface area contributed by atoms with Crippen molar-refractivity contribution in [3.63, 3.8) is 0 Å². The van der Waals surface area contributed by atoms with Crippen LogP contribution in [0.1, 0.15) is 18.9 Å². The Bertz CT molecular complexity index is 550. The second-order valence-corrected chi connectivity index (χ2v) is 5.31. The van der Waals surface area contributed by atoms with Crippen molar-refractivity contribution in [2.75, 3.05) is 0 Å². The summed E-state index contributed by atoms with van der Waals surface area (Å²) >= 11 is 0. The molecule has 10 heteroatoms. The Labute approximate surface area is 132 Å². The summed E-state index contributed by atoms with van der Waals surface area (Å²) in [4.78, 5) is 11.6. The molecule has 24 heavy (non-hydrogen) atoms. The van der Waals surface area contributed by atoms with Gasteiger partial charge in [0.25, 0.3) is 0 Å². The highest BCUT2D eigenvalue weighted by atomic mass is 19.4. The van der Waals surface area contributed by atoms with Crippen LogP contribution >= 0.6 is 0 Å². The van der Waals surface area contributed by atoms with Crippen molar-refractivity contribution >= 4 is 5.97 Å². The smallest absolute Gasteiger partial charge is 0.431 e. The first-order valence-electron chi connectivity index (χ1n) is 6.46. The number of aliphatic hydroxyl groups is 1. The standard InChI is InChI=1S/C14H13F7O3/c1-11(23,8-12(15,13(16,17)18)14(19,20)21)10(22)24-7-9-5-3-2-4-6-9/h2-6,23H,7-8H2,1H3. The first-order chi connectivity index (χ1) is 10.7. The van der Waals surface area contributed by atoms with Crippen LogP contribution in [0.2, 0.25) is 0 Å². The summed E-state index contributed by atoms with van der Waals surface area (Å²) in [6, 6.07) is 7.63. The van der Waals surface area contributed by atoms with E-state index in [0.29, 0.717) is 12.5 Å². The predicted octanol–water partition coefficient (Wildman–Crippen LogP) is 3.70. The molecule has 0 aliphatic heterocycles. The summed E-state index contributed by atoms with van der Waals surface area (Å²) in [6.45, 7) is -0.181. The van der Waals surface area contributed by atoms with Gasteiger partial charge in [-0.05, 0) is 12.5 Å². The Morgan fingerprint density at radius 1 is 1.00 bits per heavy atom. The quantitative estimate of drug-likeness (QED) is 0.642. The minimum absolute atomic E-state index is 0.326. The number of hydrogen-bond donors (Lipinski definition) is 1. The summed E-state index contributed by atoms with van der Waals surface area (Å²) < 4.78 is 93.0. The average Bonchev–Trinajstić information content (AvgIpc) is 2.43. The summed E-state index contributed by atoms with van der Waals surface area (Å²) in [7, 11) is 0. The van der Waals surface area contributed by atoms with Gasteiger partial charge in [-0.15, -0.1) is 0 Å². The molecule has 136 valence electrons. The normalized spacial score (nSPS) is 15.7. The first kappa shape index (κ1) is 20.2. The molecule has 1 N–H and O–H groups in total. The molecule has 1 unspecified atom stereocenters. The summed E-state index contributed by atoms with van der Waals surface area (Å²) in [6.07, 6.45) is -15.3. The molecule has 0 aromatic heterocycles. The second-order valence-electron chi connectivity index (χ2n) is 5.31. The molecule has 0 aliphatic carbocycles. The van der Waals surface area contributed by atoms with Crippen LogP contribution in [-0.2, 0) is 16.1 Å². The third-order valence-corrected chi connectivity index (χ3v) is 3.14. The molecule has 3 nitrogen and oxygen atoms in total. The number of alkyl halides is 7. The van der Waals surface area contributed by atoms with E-state index >= 15 is 0 Å². The molecule has 0 aliphatic rings. The van der Waals surface area contributed by atoms with Crippen LogP contribution < -0.4 is 0 Å². The maximum absolute atomic E-state index is 13.6. The van der Waals surface area contributed by atoms with E-state index in [1.807, 2.05) is 0 Å². The maximum Gasteiger partial charge on any atom is 0.431 e. The summed E-state index contributed by atoms with van der Waals surface area (Å²) in [5, 5.41) is 9.61. The Morgan fingerprint density at radius 2 is 1.46 bits per heavy atom. The Morgan fingerprint density at radius 3 is 1.88 bits per heavy atom. The van der Waals surface area contributed by atoms with Crippen molar-refractivity contribution in [2.45, 2.75) is 43.6 Å². The van der Waals surface area contributed by atoms with Gasteiger partial charge < -0.3 is 9.84 Å². The fraction of sp³-hybridized carbons (Fsp3) is 0.500. The highest BCUT2D eigenvalue weighted by molar-refractivity contribution is 5.78. The first-order valence-corrected chi connectivity index (χ1v) is 6.46. The van der Waals surface area contributed by atoms with Gasteiger partial charge in [0.05, 0.1) is 0 Å². The van der Waals surface area contributed by atoms with Crippen LogP contribution in [-0.4, -0.2) is 34.7 Å². The molecule has 1 atom stereocenters. The molecule has 0 heterocycles. The lowest BCUT2D eigenvalue weighted by molar-refractivity contribution is -0.350. The number of halogens is 7. The van der Waals surface area contributed by atoms with Crippen molar-refractivity contribution in [1.29, 1.82) is 0 Å². The fourth-order valence-corrected chi connectivity index (χ4v) is 1.79. The molecule has 1 aromatic rings. The van der Waals surface area contributed by atoms with Crippen molar-refractivity contribution in [3.8, 4) is 0 Å². The Hall–Kier alpha value is -1.84. The lowest BCUT2D eigenvalue weighted by Crippen LogP contribution is -2.58. The van der Waals surface area contributed by atoms with E-state index in [4.69, 9.17) is 0 Å². The van der Waals surface area contributed by atoms with Gasteiger partial charge in [-0.2, -0.15) is 26.3 Å². The third-order valence-electron chi connectivity index (χ3n) is 3.14. The highest BCUT2D eigenvalue weighted by Gasteiger charge is 2.74. The van der Waals surface area contributed by atoms with Gasteiger partial charge in [-0.3, -0.25) is 0 Å². The number of hydrogen-bond acceptors (Lipinski definition) is 3. The molecule has 0 bridgehead atoms. The van der Waals surface area contributed by atoms with Gasteiger partial charge in [-0.1, -0.05) is 30.3 Å². The van der Waals surface area contributed by atoms with E-state index in [0.717, 1.165) is 0 Å². The summed E-state index contributed by atoms with van der Waals surface area (Å²) in [5.41, 5.74) is -8.72. The zero-order chi connectivity index (χ0) is 18.8. The topological polar surface area (TPSA) is 46.5 Å². The van der Waals surface area contributed by atoms with Crippen molar-refractivity contribution in [1.82, 2.24) is 0 Å². The number of benzene rings is 1. The van der Waals surface area contributed by atoms with Gasteiger partial charge in [-0.25, -0.2) is 9.18 Å². The van der Waals surface area contributed by atoms with Crippen LogP contribution in [0, 0.1) is 0 Å². The molecule has 0 saturated heterocycles. The molecule has 0 saturated carbocycles. The summed E-state index contributed by atoms with van der Waals surface area (Å²) in [5.74, 6) is -1.80. The SMILES string of the molecule is CC(O)(CC(F)(C(F)(F)F)C(F)(F)F)C(=O)OCc1ccccc1. The second kappa shape index (κ2) is 6.58. The third kappa shape index (κ3) is 4.37. The van der Waals surface area contributed by atoms with Crippen LogP contribution in [0.25, 0.3) is 0 Å². The van der Waals surface area contributed by atoms with Crippen molar-refractivity contribution in [2.24, 2.45) is 0 Å². The lowest BCUT2D eigenvalue weighted by atomic mass is 9.88. The van der Waals surface area contributed by atoms with E-state index in [2.05, 4.69) is 4.74 Å². The van der Waals surface area contributed by atoms with Gasteiger partial charge >= 0.3 is 24.0 Å². The average molecular weight is 362 g/mol. The minimum atomic E-state index is -6.37. The van der Waals surface area contributed by atoms with E-state index in [9.17, 15) is 40.6 Å². The zero-order valence-corrected chi connectivity index (χ0v) is 12.2. The van der Waals surface area contributed by atoms with E-state index < -0.39 is 42.6 Å². The van der Waals surface area contributed by atoms with Crippen molar-refractivity contribution in [3.05, 3.63) is 35.9 Å². The maximum atomic E-state index is 13.6. The monoisotopic (exact) mass is 362 g/mol. The largest absolute Gasteiger partial charge is 0.459 e. The molecule has 0 amide bonds. The molecule has 1 rings (SSSR count). The van der Waals surface area contributed by atoms with E-state index in [1.165, 1.54) is 12.1 Å². The minimum Gasteiger partial charge on any atom is -0.459 e. The molecule has 0 spiro atoms. The van der Waals surface area contributed by atoms with Gasteiger partial charge in [0.1, 0.15) is 6.61 Å². The molecule has 0 radical (unpaired) electrons. The van der Waals surface area contributed by atoms with Gasteiger partial charge in [0.15, 0.2) is 5.60 Å². The molecular formula is C14H13F7O3. The van der Waals surface area contributed by atoms with Crippen LogP contribution in [0.5, 0.6) is 0 Å². The molecular weight excluding hydrogens is 349 g/mol. The lowest BCUT2D eigenvalue weighted by Gasteiger charge is -2.34. The van der Waals surface area contributed by atoms with Crippen LogP contribution in [0.15, 0.2) is 30.3 Å². The van der Waals surface area contributed by atoms with E-state index in [-0.39, 0.29) is 0 Å². The van der Waals surface area contributed by atoms with Gasteiger partial charge in [0.2, 0.25) is 0 Å². The fourth-order valence-electron chi connectivity index (χ4n) is 1.79. The molecule has 1 aromatic carbocycles. The predicted molar refractivity (Wildman–Crippen MR) is 67.4 cm³/mol. The number of esters is 1. The number of rotatable bonds is 5. The van der Waals surface area contributed by atoms with E-state index in [1.54, 1.807) is 18.2 Å². The van der Waals surface area contributed by atoms with Crippen LogP contribution in [0.3, 0.4) is 0 Å². The highest BCUT2D eigenvalue weighted by Crippen LogP contribution is 2.50. The van der Waals surface area contributed by atoms with Crippen molar-refractivity contribution < 1.29 is 45.4 Å². The molecule has 0 fully saturated rings. The number of ether oxygens (including phenoxy) is 1. The van der Waals surface area contributed by atoms with Crippen LogP contribution in [0.4, 0.5) is 30.7 Å². The number of carbonyl (C=O) groups is 1. The zero-order valence-electron chi connectivity index (χ0n) is 12.2.